The Morgan fingerprint density at radius 2 is 2.00 bits per heavy atom. The molecule has 0 fully saturated rings. The molecule has 0 unspecified atom stereocenters. The van der Waals surface area contributed by atoms with E-state index in [-0.39, 0.29) is 16.6 Å². The predicted molar refractivity (Wildman–Crippen MR) is 87.7 cm³/mol. The van der Waals surface area contributed by atoms with Crippen molar-refractivity contribution in [1.82, 2.24) is 14.9 Å². The van der Waals surface area contributed by atoms with Crippen LogP contribution in [0.2, 0.25) is 0 Å². The summed E-state index contributed by atoms with van der Waals surface area (Å²) in [5.41, 5.74) is -0.111. The highest BCUT2D eigenvalue weighted by Crippen LogP contribution is 2.30. The minimum atomic E-state index is -0.569. The van der Waals surface area contributed by atoms with Crippen molar-refractivity contribution < 1.29 is 19.0 Å². The Kier molecular flexibility index (Phi) is 5.64. The Bertz CT molecular complexity index is 808. The van der Waals surface area contributed by atoms with Crippen LogP contribution in [-0.2, 0) is 9.53 Å². The number of carbonyl (C=O) groups excluding carboxylic acids is 1. The lowest BCUT2D eigenvalue weighted by atomic mass is 10.1. The molecular formula is C14H16N4O5S. The minimum absolute atomic E-state index is 0.0272. The normalized spacial score (nSPS) is 10.3. The number of thioether (sulfide) groups is 1. The number of esters is 1. The van der Waals surface area contributed by atoms with Gasteiger partial charge in [-0.05, 0) is 12.1 Å². The zero-order valence-corrected chi connectivity index (χ0v) is 14.1. The summed E-state index contributed by atoms with van der Waals surface area (Å²) < 4.78 is 15.7. The summed E-state index contributed by atoms with van der Waals surface area (Å²) in [6, 6.07) is 4.92. The predicted octanol–water partition coefficient (Wildman–Crippen LogP) is 0.301. The third-order valence-corrected chi connectivity index (χ3v) is 3.99. The highest BCUT2D eigenvalue weighted by molar-refractivity contribution is 7.99. The van der Waals surface area contributed by atoms with Gasteiger partial charge in [0.1, 0.15) is 11.5 Å². The molecule has 1 aromatic carbocycles. The molecule has 10 heteroatoms. The number of ether oxygens (including phenoxy) is 3. The molecule has 0 radical (unpaired) electrons. The van der Waals surface area contributed by atoms with E-state index in [1.165, 1.54) is 21.3 Å². The van der Waals surface area contributed by atoms with Crippen LogP contribution in [0.25, 0.3) is 11.3 Å². The lowest BCUT2D eigenvalue weighted by Gasteiger charge is -2.11. The summed E-state index contributed by atoms with van der Waals surface area (Å²) in [6.07, 6.45) is 0. The fraction of sp³-hybridized carbons (Fsp3) is 0.286. The van der Waals surface area contributed by atoms with E-state index in [1.807, 2.05) is 0 Å². The van der Waals surface area contributed by atoms with Gasteiger partial charge in [0.05, 0.1) is 32.6 Å². The maximum Gasteiger partial charge on any atom is 0.316 e. The van der Waals surface area contributed by atoms with Gasteiger partial charge in [0, 0.05) is 6.07 Å². The molecule has 1 aromatic heterocycles. The lowest BCUT2D eigenvalue weighted by Crippen LogP contribution is -2.32. The molecule has 2 rings (SSSR count). The summed E-state index contributed by atoms with van der Waals surface area (Å²) >= 11 is 0.952. The van der Waals surface area contributed by atoms with E-state index in [4.69, 9.17) is 15.3 Å². The molecule has 0 saturated heterocycles. The molecule has 0 bridgehead atoms. The van der Waals surface area contributed by atoms with Crippen LogP contribution in [0, 0.1) is 0 Å². The van der Waals surface area contributed by atoms with Crippen molar-refractivity contribution in [2.45, 2.75) is 5.16 Å². The number of carbonyl (C=O) groups is 1. The number of hydrogen-bond acceptors (Lipinski definition) is 9. The number of nitrogens with zero attached hydrogens (tertiary/aromatic N) is 3. The van der Waals surface area contributed by atoms with E-state index in [0.717, 1.165) is 16.4 Å². The Balaban J connectivity index is 2.41. The van der Waals surface area contributed by atoms with Crippen LogP contribution in [0.15, 0.2) is 28.2 Å². The first kappa shape index (κ1) is 17.6. The van der Waals surface area contributed by atoms with Gasteiger partial charge in [-0.15, -0.1) is 10.2 Å². The van der Waals surface area contributed by atoms with E-state index in [9.17, 15) is 9.59 Å². The molecule has 0 aliphatic rings. The largest absolute Gasteiger partial charge is 0.497 e. The number of hydrogen-bond donors (Lipinski definition) is 1. The number of methoxy groups -OCH3 is 3. The average molecular weight is 352 g/mol. The second-order valence-electron chi connectivity index (χ2n) is 4.44. The summed E-state index contributed by atoms with van der Waals surface area (Å²) in [6.45, 7) is 0. The van der Waals surface area contributed by atoms with Gasteiger partial charge in [0.25, 0.3) is 5.56 Å². The molecular weight excluding hydrogens is 336 g/mol. The second-order valence-corrected chi connectivity index (χ2v) is 5.38. The molecule has 0 amide bonds. The Hall–Kier alpha value is -2.75. The molecule has 0 saturated carbocycles. The standard InChI is InChI=1S/C14H16N4O5S/c1-21-8-4-5-9(10(6-8)22-2)12-13(20)18(15)14(17-16-12)24-7-11(19)23-3/h4-6H,7,15H2,1-3H3. The van der Waals surface area contributed by atoms with E-state index >= 15 is 0 Å². The number of aromatic nitrogens is 3. The highest BCUT2D eigenvalue weighted by Gasteiger charge is 2.17. The van der Waals surface area contributed by atoms with Gasteiger partial charge in [-0.1, -0.05) is 11.8 Å². The van der Waals surface area contributed by atoms with Crippen LogP contribution in [0.3, 0.4) is 0 Å². The summed E-state index contributed by atoms with van der Waals surface area (Å²) in [5, 5.41) is 7.91. The van der Waals surface area contributed by atoms with Gasteiger partial charge in [-0.25, -0.2) is 0 Å². The third-order valence-electron chi connectivity index (χ3n) is 3.07. The van der Waals surface area contributed by atoms with Gasteiger partial charge in [0.15, 0.2) is 5.69 Å². The van der Waals surface area contributed by atoms with Crippen LogP contribution >= 0.6 is 11.8 Å². The smallest absolute Gasteiger partial charge is 0.316 e. The number of nitrogen functional groups attached to an aromatic ring is 1. The quantitative estimate of drug-likeness (QED) is 0.445. The van der Waals surface area contributed by atoms with Crippen LogP contribution < -0.4 is 20.9 Å². The molecule has 0 aliphatic heterocycles. The molecule has 2 N–H and O–H groups in total. The SMILES string of the molecule is COC(=O)CSc1nnc(-c2ccc(OC)cc2OC)c(=O)n1N. The van der Waals surface area contributed by atoms with Gasteiger partial charge >= 0.3 is 5.97 Å². The Morgan fingerprint density at radius 1 is 1.25 bits per heavy atom. The first-order valence-corrected chi connectivity index (χ1v) is 7.67. The summed E-state index contributed by atoms with van der Waals surface area (Å²) in [5.74, 6) is 6.23. The van der Waals surface area contributed by atoms with Crippen molar-refractivity contribution in [3.8, 4) is 22.8 Å². The van der Waals surface area contributed by atoms with E-state index in [1.54, 1.807) is 18.2 Å². The molecule has 2 aromatic rings. The average Bonchev–Trinajstić information content (AvgIpc) is 2.62. The first-order chi connectivity index (χ1) is 11.5. The number of benzene rings is 1. The van der Waals surface area contributed by atoms with Crippen LogP contribution in [-0.4, -0.2) is 47.9 Å². The maximum atomic E-state index is 12.4. The van der Waals surface area contributed by atoms with E-state index < -0.39 is 11.5 Å². The summed E-state index contributed by atoms with van der Waals surface area (Å²) in [7, 11) is 4.25. The first-order valence-electron chi connectivity index (χ1n) is 6.68. The molecule has 1 heterocycles. The molecule has 128 valence electrons. The van der Waals surface area contributed by atoms with Crippen molar-refractivity contribution in [3.63, 3.8) is 0 Å². The zero-order chi connectivity index (χ0) is 17.7. The monoisotopic (exact) mass is 352 g/mol. The fourth-order valence-electron chi connectivity index (χ4n) is 1.83. The number of nitrogens with two attached hydrogens (primary N) is 1. The molecule has 0 atom stereocenters. The topological polar surface area (TPSA) is 119 Å². The molecule has 24 heavy (non-hydrogen) atoms. The van der Waals surface area contributed by atoms with Crippen LogP contribution in [0.4, 0.5) is 0 Å². The second kappa shape index (κ2) is 7.68. The Morgan fingerprint density at radius 3 is 2.62 bits per heavy atom. The Labute approximate surface area is 141 Å². The number of rotatable bonds is 6. The molecule has 0 spiro atoms. The lowest BCUT2D eigenvalue weighted by molar-refractivity contribution is -0.137. The van der Waals surface area contributed by atoms with Gasteiger partial charge < -0.3 is 20.1 Å². The zero-order valence-electron chi connectivity index (χ0n) is 13.3. The van der Waals surface area contributed by atoms with Crippen molar-refractivity contribution >= 4 is 17.7 Å². The van der Waals surface area contributed by atoms with Crippen molar-refractivity contribution in [2.75, 3.05) is 32.9 Å². The maximum absolute atomic E-state index is 12.4. The molecule has 0 aliphatic carbocycles. The fourth-order valence-corrected chi connectivity index (χ4v) is 2.51. The van der Waals surface area contributed by atoms with E-state index in [0.29, 0.717) is 17.1 Å². The van der Waals surface area contributed by atoms with Gasteiger partial charge in [-0.2, -0.15) is 4.68 Å². The minimum Gasteiger partial charge on any atom is -0.497 e. The van der Waals surface area contributed by atoms with Gasteiger partial charge in [-0.3, -0.25) is 9.59 Å². The van der Waals surface area contributed by atoms with Crippen molar-refractivity contribution in [3.05, 3.63) is 28.6 Å². The highest BCUT2D eigenvalue weighted by atomic mass is 32.2. The van der Waals surface area contributed by atoms with E-state index in [2.05, 4.69) is 14.9 Å². The summed E-state index contributed by atoms with van der Waals surface area (Å²) in [4.78, 5) is 23.6. The van der Waals surface area contributed by atoms with Crippen LogP contribution in [0.1, 0.15) is 0 Å². The third kappa shape index (κ3) is 3.59. The molecule has 9 nitrogen and oxygen atoms in total. The van der Waals surface area contributed by atoms with Crippen molar-refractivity contribution in [2.24, 2.45) is 0 Å². The van der Waals surface area contributed by atoms with Crippen molar-refractivity contribution in [1.29, 1.82) is 0 Å². The van der Waals surface area contributed by atoms with Gasteiger partial charge in [0.2, 0.25) is 5.16 Å². The van der Waals surface area contributed by atoms with Crippen LogP contribution in [0.5, 0.6) is 11.5 Å².